The molecular weight excluding hydrogens is 390 g/mol. The maximum absolute atomic E-state index is 12.4. The summed E-state index contributed by atoms with van der Waals surface area (Å²) in [5.74, 6) is 0.725. The number of fused-ring (bicyclic) bond motifs is 1. The van der Waals surface area contributed by atoms with E-state index < -0.39 is 0 Å². The van der Waals surface area contributed by atoms with E-state index in [9.17, 15) is 9.59 Å². The molecule has 3 heterocycles. The Morgan fingerprint density at radius 2 is 2.10 bits per heavy atom. The summed E-state index contributed by atoms with van der Waals surface area (Å²) >= 11 is 1.38. The highest BCUT2D eigenvalue weighted by molar-refractivity contribution is 7.12. The lowest BCUT2D eigenvalue weighted by atomic mass is 10.3. The highest BCUT2D eigenvalue weighted by atomic mass is 32.1. The number of carbonyl (C=O) groups excluding carboxylic acids is 1. The normalized spacial score (nSPS) is 11.1. The van der Waals surface area contributed by atoms with E-state index in [1.165, 1.54) is 21.9 Å². The lowest BCUT2D eigenvalue weighted by molar-refractivity contribution is 0.103. The smallest absolute Gasteiger partial charge is 0.274 e. The molecule has 0 fully saturated rings. The number of nitrogens with one attached hydrogen (secondary N) is 1. The van der Waals surface area contributed by atoms with E-state index in [4.69, 9.17) is 4.74 Å². The number of benzene rings is 1. The van der Waals surface area contributed by atoms with E-state index in [1.54, 1.807) is 41.3 Å². The van der Waals surface area contributed by atoms with Gasteiger partial charge in [0, 0.05) is 23.9 Å². The van der Waals surface area contributed by atoms with E-state index in [0.717, 1.165) is 0 Å². The first-order valence-electron chi connectivity index (χ1n) is 9.05. The van der Waals surface area contributed by atoms with Gasteiger partial charge in [-0.05, 0) is 37.4 Å². The molecule has 0 atom stereocenters. The van der Waals surface area contributed by atoms with Crippen LogP contribution in [0.25, 0.3) is 5.78 Å². The van der Waals surface area contributed by atoms with Gasteiger partial charge in [0.1, 0.15) is 18.7 Å². The van der Waals surface area contributed by atoms with E-state index in [-0.39, 0.29) is 24.1 Å². The summed E-state index contributed by atoms with van der Waals surface area (Å²) in [5.41, 5.74) is 0.897. The zero-order chi connectivity index (χ0) is 20.4. The predicted molar refractivity (Wildman–Crippen MR) is 111 cm³/mol. The Labute approximate surface area is 170 Å². The number of hydrogen-bond acceptors (Lipinski definition) is 6. The molecule has 0 bridgehead atoms. The molecule has 4 rings (SSSR count). The van der Waals surface area contributed by atoms with Gasteiger partial charge in [-0.3, -0.25) is 14.3 Å². The van der Waals surface area contributed by atoms with Crippen molar-refractivity contribution in [1.82, 2.24) is 19.2 Å². The summed E-state index contributed by atoms with van der Waals surface area (Å²) in [6.07, 6.45) is 1.60. The van der Waals surface area contributed by atoms with Gasteiger partial charge in [0.15, 0.2) is 0 Å². The van der Waals surface area contributed by atoms with Crippen LogP contribution in [0.4, 0.5) is 5.69 Å². The zero-order valence-electron chi connectivity index (χ0n) is 15.9. The average Bonchev–Trinajstić information content (AvgIpc) is 3.37. The molecule has 0 aliphatic rings. The number of amides is 1. The van der Waals surface area contributed by atoms with Crippen molar-refractivity contribution in [1.29, 1.82) is 0 Å². The highest BCUT2D eigenvalue weighted by Crippen LogP contribution is 2.20. The fraction of sp³-hybridized carbons (Fsp3) is 0.200. The number of carbonyl (C=O) groups is 1. The summed E-state index contributed by atoms with van der Waals surface area (Å²) in [6.45, 7) is 4.05. The van der Waals surface area contributed by atoms with Crippen LogP contribution in [0, 0.1) is 0 Å². The summed E-state index contributed by atoms with van der Waals surface area (Å²) < 4.78 is 8.94. The minimum absolute atomic E-state index is 0.0914. The fourth-order valence-electron chi connectivity index (χ4n) is 2.83. The second kappa shape index (κ2) is 7.88. The monoisotopic (exact) mass is 409 g/mol. The van der Waals surface area contributed by atoms with Gasteiger partial charge in [-0.15, -0.1) is 11.3 Å². The van der Waals surface area contributed by atoms with Crippen molar-refractivity contribution in [2.45, 2.75) is 26.5 Å². The van der Waals surface area contributed by atoms with E-state index in [2.05, 4.69) is 15.3 Å². The molecule has 3 aromatic heterocycles. The van der Waals surface area contributed by atoms with Crippen molar-refractivity contribution in [3.05, 3.63) is 75.1 Å². The Bertz CT molecular complexity index is 1210. The van der Waals surface area contributed by atoms with Gasteiger partial charge < -0.3 is 10.1 Å². The number of nitrogens with zero attached hydrogens (tertiary/aromatic N) is 4. The van der Waals surface area contributed by atoms with Gasteiger partial charge in [-0.1, -0.05) is 12.1 Å². The van der Waals surface area contributed by atoms with Crippen molar-refractivity contribution in [2.24, 2.45) is 0 Å². The first-order chi connectivity index (χ1) is 14.0. The molecule has 0 saturated heterocycles. The first kappa shape index (κ1) is 18.9. The van der Waals surface area contributed by atoms with Gasteiger partial charge in [0.25, 0.3) is 17.2 Å². The summed E-state index contributed by atoms with van der Waals surface area (Å²) in [4.78, 5) is 33.9. The zero-order valence-corrected chi connectivity index (χ0v) is 16.7. The van der Waals surface area contributed by atoms with Gasteiger partial charge in [0.2, 0.25) is 0 Å². The van der Waals surface area contributed by atoms with Crippen LogP contribution in [0.1, 0.15) is 35.3 Å². The topological polar surface area (TPSA) is 90.5 Å². The number of aromatic nitrogens is 4. The number of anilines is 1. The molecule has 0 saturated carbocycles. The number of rotatable bonds is 6. The molecule has 1 aromatic carbocycles. The van der Waals surface area contributed by atoms with Crippen molar-refractivity contribution in [3.8, 4) is 5.75 Å². The van der Waals surface area contributed by atoms with E-state index in [1.807, 2.05) is 25.3 Å². The second-order valence-corrected chi connectivity index (χ2v) is 7.61. The predicted octanol–water partition coefficient (Wildman–Crippen LogP) is 3.36. The molecule has 29 heavy (non-hydrogen) atoms. The Morgan fingerprint density at radius 3 is 2.86 bits per heavy atom. The molecule has 1 amide bonds. The van der Waals surface area contributed by atoms with E-state index >= 15 is 0 Å². The number of thiophene rings is 1. The number of ether oxygens (including phenoxy) is 1. The lowest BCUT2D eigenvalue weighted by Crippen LogP contribution is -2.23. The van der Waals surface area contributed by atoms with Crippen molar-refractivity contribution in [3.63, 3.8) is 0 Å². The quantitative estimate of drug-likeness (QED) is 0.527. The summed E-state index contributed by atoms with van der Waals surface area (Å²) in [5, 5.41) is 4.69. The third-order valence-electron chi connectivity index (χ3n) is 4.21. The van der Waals surface area contributed by atoms with Crippen molar-refractivity contribution < 1.29 is 9.53 Å². The minimum atomic E-state index is -0.211. The average molecular weight is 409 g/mol. The molecule has 0 radical (unpaired) electrons. The third kappa shape index (κ3) is 4.04. The standard InChI is InChI=1S/C20H19N5O3S/c1-13(2)24-12-21-20-23-15(10-18(26)25(20)24)11-28-16-6-3-5-14(9-16)22-19(27)17-7-4-8-29-17/h3-10,12-13H,11H2,1-2H3,(H,22,27). The molecular formula is C20H19N5O3S. The minimum Gasteiger partial charge on any atom is -0.487 e. The van der Waals surface area contributed by atoms with Crippen molar-refractivity contribution >= 4 is 28.7 Å². The molecule has 0 spiro atoms. The van der Waals surface area contributed by atoms with Crippen LogP contribution in [0.2, 0.25) is 0 Å². The van der Waals surface area contributed by atoms with Crippen LogP contribution in [-0.2, 0) is 6.61 Å². The van der Waals surface area contributed by atoms with Gasteiger partial charge >= 0.3 is 0 Å². The second-order valence-electron chi connectivity index (χ2n) is 6.66. The van der Waals surface area contributed by atoms with Crippen LogP contribution in [-0.4, -0.2) is 25.1 Å². The first-order valence-corrected chi connectivity index (χ1v) is 9.93. The SMILES string of the molecule is CC(C)n1cnc2nc(COc3cccc(NC(=O)c4cccs4)c3)cc(=O)n21. The Hall–Kier alpha value is -3.46. The molecule has 148 valence electrons. The van der Waals surface area contributed by atoms with Crippen LogP contribution in [0.15, 0.2) is 59.0 Å². The molecule has 0 unspecified atom stereocenters. The maximum Gasteiger partial charge on any atom is 0.274 e. The maximum atomic E-state index is 12.4. The summed E-state index contributed by atoms with van der Waals surface area (Å²) in [7, 11) is 0. The fourth-order valence-corrected chi connectivity index (χ4v) is 3.45. The van der Waals surface area contributed by atoms with Gasteiger partial charge in [-0.25, -0.2) is 4.98 Å². The Kier molecular flexibility index (Phi) is 5.13. The highest BCUT2D eigenvalue weighted by Gasteiger charge is 2.11. The Balaban J connectivity index is 1.48. The molecule has 1 N–H and O–H groups in total. The van der Waals surface area contributed by atoms with Crippen LogP contribution < -0.4 is 15.6 Å². The summed E-state index contributed by atoms with van der Waals surface area (Å²) in [6, 6.07) is 12.2. The van der Waals surface area contributed by atoms with Crippen molar-refractivity contribution in [2.75, 3.05) is 5.32 Å². The molecule has 0 aliphatic carbocycles. The molecule has 4 aromatic rings. The largest absolute Gasteiger partial charge is 0.487 e. The van der Waals surface area contributed by atoms with Gasteiger partial charge in [0.05, 0.1) is 10.6 Å². The van der Waals surface area contributed by atoms with Crippen LogP contribution in [0.3, 0.4) is 0 Å². The number of hydrogen-bond donors (Lipinski definition) is 1. The van der Waals surface area contributed by atoms with Crippen LogP contribution >= 0.6 is 11.3 Å². The van der Waals surface area contributed by atoms with Gasteiger partial charge in [-0.2, -0.15) is 9.50 Å². The molecule has 8 nitrogen and oxygen atoms in total. The molecule has 0 aliphatic heterocycles. The molecule has 9 heteroatoms. The lowest BCUT2D eigenvalue weighted by Gasteiger charge is -2.10. The third-order valence-corrected chi connectivity index (χ3v) is 5.08. The van der Waals surface area contributed by atoms with E-state index in [0.29, 0.717) is 27.8 Å². The Morgan fingerprint density at radius 1 is 1.24 bits per heavy atom. The van der Waals surface area contributed by atoms with Crippen LogP contribution in [0.5, 0.6) is 5.75 Å².